The maximum Gasteiger partial charge on any atom is 0.0224 e. The molecule has 0 aliphatic heterocycles. The van der Waals surface area contributed by atoms with E-state index in [0.717, 1.165) is 6.42 Å². The van der Waals surface area contributed by atoms with Gasteiger partial charge in [0, 0.05) is 5.41 Å². The predicted octanol–water partition coefficient (Wildman–Crippen LogP) is 12.0. The van der Waals surface area contributed by atoms with Gasteiger partial charge in [0.1, 0.15) is 0 Å². The third kappa shape index (κ3) is 4.13. The van der Waals surface area contributed by atoms with Crippen LogP contribution in [0.15, 0.2) is 146 Å². The number of rotatable bonds is 3. The van der Waals surface area contributed by atoms with E-state index < -0.39 is 0 Å². The quantitative estimate of drug-likeness (QED) is 0.200. The Labute approximate surface area is 260 Å². The Morgan fingerprint density at radius 3 is 1.59 bits per heavy atom. The molecule has 0 aromatic heterocycles. The van der Waals surface area contributed by atoms with Crippen LogP contribution in [0.1, 0.15) is 37.5 Å². The second-order valence-electron chi connectivity index (χ2n) is 13.4. The molecule has 1 unspecified atom stereocenters. The summed E-state index contributed by atoms with van der Waals surface area (Å²) in [4.78, 5) is 0. The Morgan fingerprint density at radius 1 is 0.500 bits per heavy atom. The van der Waals surface area contributed by atoms with Gasteiger partial charge in [-0.3, -0.25) is 0 Å². The second-order valence-corrected chi connectivity index (χ2v) is 13.4. The zero-order valence-corrected chi connectivity index (χ0v) is 25.6. The van der Waals surface area contributed by atoms with Crippen molar-refractivity contribution in [3.8, 4) is 22.3 Å². The fraction of sp³-hybridized carbons (Fsp3) is 0.136. The number of allylic oxidation sites excluding steroid dienone is 1. The molecule has 0 heteroatoms. The number of hydrogen-bond acceptors (Lipinski definition) is 0. The van der Waals surface area contributed by atoms with Gasteiger partial charge in [0.2, 0.25) is 0 Å². The third-order valence-corrected chi connectivity index (χ3v) is 10.1. The number of fused-ring (bicyclic) bond motifs is 4. The van der Waals surface area contributed by atoms with Gasteiger partial charge in [-0.25, -0.2) is 0 Å². The fourth-order valence-electron chi connectivity index (χ4n) is 7.66. The highest BCUT2D eigenvalue weighted by molar-refractivity contribution is 6.11. The molecule has 0 nitrogen and oxygen atoms in total. The van der Waals surface area contributed by atoms with Crippen LogP contribution in [0, 0.1) is 5.41 Å². The molecule has 0 radical (unpaired) electrons. The van der Waals surface area contributed by atoms with Gasteiger partial charge in [0.15, 0.2) is 0 Å². The lowest BCUT2D eigenvalue weighted by molar-refractivity contribution is 0.234. The van der Waals surface area contributed by atoms with E-state index in [0.29, 0.717) is 0 Å². The third-order valence-electron chi connectivity index (χ3n) is 10.1. The minimum Gasteiger partial charge on any atom is -0.0725 e. The van der Waals surface area contributed by atoms with Crippen LogP contribution in [0.5, 0.6) is 0 Å². The molecule has 0 heterocycles. The van der Waals surface area contributed by atoms with Crippen molar-refractivity contribution >= 4 is 38.4 Å². The van der Waals surface area contributed by atoms with E-state index >= 15 is 0 Å². The molecule has 0 bridgehead atoms. The Kier molecular flexibility index (Phi) is 6.10. The molecular weight excluding hydrogens is 528 g/mol. The van der Waals surface area contributed by atoms with Gasteiger partial charge in [-0.15, -0.1) is 0 Å². The van der Waals surface area contributed by atoms with Crippen LogP contribution in [0.3, 0.4) is 0 Å². The molecule has 0 fully saturated rings. The molecule has 8 rings (SSSR count). The minimum absolute atomic E-state index is 0.00203. The van der Waals surface area contributed by atoms with E-state index in [1.165, 1.54) is 71.3 Å². The molecular formula is C44H36. The second kappa shape index (κ2) is 10.1. The Balaban J connectivity index is 1.49. The van der Waals surface area contributed by atoms with E-state index in [1.54, 1.807) is 0 Å². The van der Waals surface area contributed by atoms with Crippen molar-refractivity contribution in [2.24, 2.45) is 5.41 Å². The van der Waals surface area contributed by atoms with Crippen LogP contribution < -0.4 is 0 Å². The first-order valence-corrected chi connectivity index (χ1v) is 15.7. The highest BCUT2D eigenvalue weighted by Gasteiger charge is 2.44. The standard InChI is InChI=1S/C44H36/c1-43(2,3)44(36-17-5-4-6-18-36)26-25-39-40(29-44)42(35-24-22-31-14-8-10-16-33(31)28-35)38-20-12-11-19-37(38)41(39)34-23-21-30-13-7-9-15-32(30)27-34/h4-28H,29H2,1-3H3. The van der Waals surface area contributed by atoms with Gasteiger partial charge in [-0.1, -0.05) is 160 Å². The van der Waals surface area contributed by atoms with Gasteiger partial charge in [0.25, 0.3) is 0 Å². The molecule has 7 aromatic carbocycles. The topological polar surface area (TPSA) is 0 Å². The predicted molar refractivity (Wildman–Crippen MR) is 190 cm³/mol. The Bertz CT molecular complexity index is 2230. The lowest BCUT2D eigenvalue weighted by Gasteiger charge is -2.46. The van der Waals surface area contributed by atoms with Crippen molar-refractivity contribution in [3.05, 3.63) is 162 Å². The zero-order valence-electron chi connectivity index (χ0n) is 25.6. The first-order valence-electron chi connectivity index (χ1n) is 15.7. The summed E-state index contributed by atoms with van der Waals surface area (Å²) in [7, 11) is 0. The molecule has 212 valence electrons. The summed E-state index contributed by atoms with van der Waals surface area (Å²) in [6.07, 6.45) is 5.91. The summed E-state index contributed by atoms with van der Waals surface area (Å²) < 4.78 is 0. The lowest BCUT2D eigenvalue weighted by Crippen LogP contribution is -2.42. The molecule has 0 N–H and O–H groups in total. The first-order chi connectivity index (χ1) is 21.4. The maximum atomic E-state index is 2.52. The van der Waals surface area contributed by atoms with Gasteiger partial charge in [-0.2, -0.15) is 0 Å². The summed E-state index contributed by atoms with van der Waals surface area (Å²) in [5.74, 6) is 0. The molecule has 0 saturated heterocycles. The van der Waals surface area contributed by atoms with E-state index in [2.05, 4.69) is 172 Å². The average Bonchev–Trinajstić information content (AvgIpc) is 3.06. The smallest absolute Gasteiger partial charge is 0.0224 e. The van der Waals surface area contributed by atoms with Crippen molar-refractivity contribution in [1.82, 2.24) is 0 Å². The van der Waals surface area contributed by atoms with Gasteiger partial charge >= 0.3 is 0 Å². The number of hydrogen-bond donors (Lipinski definition) is 0. The molecule has 0 saturated carbocycles. The summed E-state index contributed by atoms with van der Waals surface area (Å²) in [5.41, 5.74) is 9.24. The van der Waals surface area contributed by atoms with Crippen LogP contribution >= 0.6 is 0 Å². The number of benzene rings is 7. The van der Waals surface area contributed by atoms with E-state index in [9.17, 15) is 0 Å². The van der Waals surface area contributed by atoms with Crippen LogP contribution in [0.4, 0.5) is 0 Å². The van der Waals surface area contributed by atoms with Gasteiger partial charge in [0.05, 0.1) is 0 Å². The van der Waals surface area contributed by atoms with Crippen LogP contribution in [0.2, 0.25) is 0 Å². The Hall–Kier alpha value is -4.94. The van der Waals surface area contributed by atoms with Crippen molar-refractivity contribution < 1.29 is 0 Å². The highest BCUT2D eigenvalue weighted by Crippen LogP contribution is 2.53. The van der Waals surface area contributed by atoms with Crippen molar-refractivity contribution in [2.45, 2.75) is 32.6 Å². The van der Waals surface area contributed by atoms with Crippen molar-refractivity contribution in [3.63, 3.8) is 0 Å². The molecule has 1 aliphatic rings. The summed E-state index contributed by atoms with van der Waals surface area (Å²) in [5, 5.41) is 7.71. The average molecular weight is 565 g/mol. The Morgan fingerprint density at radius 2 is 1.00 bits per heavy atom. The SMILES string of the molecule is CC(C)(C)C1(c2ccccc2)C=Cc2c(c(-c3ccc4ccccc4c3)c3ccccc3c2-c2ccc3ccccc3c2)C1. The van der Waals surface area contributed by atoms with Crippen molar-refractivity contribution in [1.29, 1.82) is 0 Å². The summed E-state index contributed by atoms with van der Waals surface area (Å²) in [6, 6.07) is 51.6. The molecule has 0 amide bonds. The molecule has 1 aliphatic carbocycles. The molecule has 7 aromatic rings. The van der Waals surface area contributed by atoms with Crippen LogP contribution in [-0.4, -0.2) is 0 Å². The zero-order chi connectivity index (χ0) is 29.9. The van der Waals surface area contributed by atoms with Crippen molar-refractivity contribution in [2.75, 3.05) is 0 Å². The summed E-state index contributed by atoms with van der Waals surface area (Å²) >= 11 is 0. The fourth-order valence-corrected chi connectivity index (χ4v) is 7.66. The normalized spacial score (nSPS) is 16.4. The molecule has 1 atom stereocenters. The monoisotopic (exact) mass is 564 g/mol. The van der Waals surface area contributed by atoms with Gasteiger partial charge < -0.3 is 0 Å². The molecule has 44 heavy (non-hydrogen) atoms. The van der Waals surface area contributed by atoms with Gasteiger partial charge in [-0.05, 0) is 95.2 Å². The van der Waals surface area contributed by atoms with E-state index in [1.807, 2.05) is 0 Å². The van der Waals surface area contributed by atoms with E-state index in [4.69, 9.17) is 0 Å². The minimum atomic E-state index is -0.157. The summed E-state index contributed by atoms with van der Waals surface area (Å²) in [6.45, 7) is 7.20. The first kappa shape index (κ1) is 26.7. The maximum absolute atomic E-state index is 2.52. The largest absolute Gasteiger partial charge is 0.0725 e. The lowest BCUT2D eigenvalue weighted by atomic mass is 9.57. The van der Waals surface area contributed by atoms with E-state index in [-0.39, 0.29) is 10.8 Å². The van der Waals surface area contributed by atoms with Crippen LogP contribution in [-0.2, 0) is 11.8 Å². The highest BCUT2D eigenvalue weighted by atomic mass is 14.5. The van der Waals surface area contributed by atoms with Crippen LogP contribution in [0.25, 0.3) is 60.6 Å². The molecule has 0 spiro atoms.